The Bertz CT molecular complexity index is 1080. The van der Waals surface area contributed by atoms with Gasteiger partial charge in [0, 0.05) is 41.2 Å². The molecule has 2 aromatic carbocycles. The number of rotatable bonds is 9. The predicted molar refractivity (Wildman–Crippen MR) is 136 cm³/mol. The van der Waals surface area contributed by atoms with Crippen LogP contribution in [0.4, 0.5) is 0 Å². The first-order valence-corrected chi connectivity index (χ1v) is 11.9. The number of halogens is 2. The molecule has 0 radical (unpaired) electrons. The number of piperidine rings is 1. The maximum absolute atomic E-state index is 12.9. The van der Waals surface area contributed by atoms with E-state index in [0.29, 0.717) is 66.1 Å². The Morgan fingerprint density at radius 2 is 1.86 bits per heavy atom. The van der Waals surface area contributed by atoms with Gasteiger partial charge in [-0.2, -0.15) is 4.99 Å². The number of methoxy groups -OCH3 is 1. The quantitative estimate of drug-likeness (QED) is 0.341. The first kappa shape index (κ1) is 26.6. The Morgan fingerprint density at radius 1 is 1.11 bits per heavy atom. The van der Waals surface area contributed by atoms with Crippen LogP contribution in [0.15, 0.2) is 41.4 Å². The highest BCUT2D eigenvalue weighted by Gasteiger charge is 2.23. The summed E-state index contributed by atoms with van der Waals surface area (Å²) in [4.78, 5) is 30.1. The summed E-state index contributed by atoms with van der Waals surface area (Å²) in [5, 5.41) is 4.21. The molecular weight excluding hydrogens is 493 g/mol. The van der Waals surface area contributed by atoms with Crippen LogP contribution >= 0.6 is 23.2 Å². The first-order chi connectivity index (χ1) is 16.7. The largest absolute Gasteiger partial charge is 0.493 e. The van der Waals surface area contributed by atoms with Crippen molar-refractivity contribution in [3.05, 3.63) is 57.6 Å². The maximum Gasteiger partial charge on any atom is 0.263 e. The second-order valence-corrected chi connectivity index (χ2v) is 9.00. The summed E-state index contributed by atoms with van der Waals surface area (Å²) in [6.45, 7) is 1.81. The van der Waals surface area contributed by atoms with E-state index >= 15 is 0 Å². The number of carbonyl (C=O) groups is 2. The van der Waals surface area contributed by atoms with Crippen molar-refractivity contribution in [2.24, 2.45) is 16.5 Å². The molecule has 2 aromatic rings. The van der Waals surface area contributed by atoms with E-state index in [0.717, 1.165) is 5.56 Å². The molecule has 1 aliphatic rings. The van der Waals surface area contributed by atoms with Crippen LogP contribution in [0, 0.1) is 0 Å². The fraction of sp³-hybridized carbons (Fsp3) is 0.375. The Hall–Kier alpha value is -3.01. The van der Waals surface area contributed by atoms with Crippen molar-refractivity contribution >= 4 is 41.0 Å². The fourth-order valence-electron chi connectivity index (χ4n) is 3.80. The highest BCUT2D eigenvalue weighted by Crippen LogP contribution is 2.29. The summed E-state index contributed by atoms with van der Waals surface area (Å²) in [5.41, 5.74) is 11.9. The molecule has 1 aliphatic heterocycles. The summed E-state index contributed by atoms with van der Waals surface area (Å²) in [7, 11) is 1.55. The number of hydrogen-bond donors (Lipinski definition) is 3. The number of likely N-dealkylation sites (tertiary alicyclic amines) is 1. The number of nitrogens with zero attached hydrogens (tertiary/aromatic N) is 2. The molecule has 3 rings (SSSR count). The van der Waals surface area contributed by atoms with E-state index in [9.17, 15) is 9.59 Å². The maximum atomic E-state index is 12.9. The van der Waals surface area contributed by atoms with E-state index < -0.39 is 0 Å². The molecule has 188 valence electrons. The van der Waals surface area contributed by atoms with Crippen molar-refractivity contribution in [2.45, 2.75) is 25.3 Å². The highest BCUT2D eigenvalue weighted by atomic mass is 35.5. The van der Waals surface area contributed by atoms with Gasteiger partial charge in [-0.05, 0) is 48.7 Å². The lowest BCUT2D eigenvalue weighted by Crippen LogP contribution is -2.46. The zero-order chi connectivity index (χ0) is 25.4. The van der Waals surface area contributed by atoms with E-state index in [2.05, 4.69) is 10.3 Å². The van der Waals surface area contributed by atoms with Gasteiger partial charge in [-0.3, -0.25) is 14.5 Å². The van der Waals surface area contributed by atoms with Gasteiger partial charge < -0.3 is 26.3 Å². The van der Waals surface area contributed by atoms with Gasteiger partial charge in [0.2, 0.25) is 0 Å². The molecule has 0 atom stereocenters. The van der Waals surface area contributed by atoms with Crippen molar-refractivity contribution in [1.29, 1.82) is 0 Å². The Balaban J connectivity index is 1.54. The van der Waals surface area contributed by atoms with Crippen molar-refractivity contribution in [3.8, 4) is 11.5 Å². The first-order valence-electron chi connectivity index (χ1n) is 11.2. The van der Waals surface area contributed by atoms with Crippen LogP contribution < -0.4 is 26.3 Å². The molecule has 1 saturated heterocycles. The van der Waals surface area contributed by atoms with Crippen molar-refractivity contribution in [2.75, 3.05) is 33.4 Å². The number of nitrogens with one attached hydrogen (secondary N) is 1. The number of guanidine groups is 1. The molecule has 1 heterocycles. The molecule has 0 saturated carbocycles. The fourth-order valence-corrected chi connectivity index (χ4v) is 4.30. The van der Waals surface area contributed by atoms with Crippen LogP contribution in [0.1, 0.15) is 28.8 Å². The van der Waals surface area contributed by atoms with Gasteiger partial charge >= 0.3 is 0 Å². The average molecular weight is 522 g/mol. The Labute approximate surface area is 214 Å². The molecule has 0 aliphatic carbocycles. The van der Waals surface area contributed by atoms with Gasteiger partial charge in [0.25, 0.3) is 11.8 Å². The molecule has 0 bridgehead atoms. The van der Waals surface area contributed by atoms with Crippen LogP contribution in [0.5, 0.6) is 11.5 Å². The van der Waals surface area contributed by atoms with E-state index in [1.807, 2.05) is 11.0 Å². The summed E-state index contributed by atoms with van der Waals surface area (Å²) in [6.07, 6.45) is 1.99. The number of nitrogens with two attached hydrogens (primary N) is 2. The molecule has 1 fully saturated rings. The molecule has 0 aromatic heterocycles. The highest BCUT2D eigenvalue weighted by molar-refractivity contribution is 6.35. The summed E-state index contributed by atoms with van der Waals surface area (Å²) < 4.78 is 11.3. The topological polar surface area (TPSA) is 132 Å². The number of amides is 2. The van der Waals surface area contributed by atoms with Gasteiger partial charge in [-0.1, -0.05) is 29.3 Å². The Kier molecular flexibility index (Phi) is 9.59. The second-order valence-electron chi connectivity index (χ2n) is 8.15. The lowest BCUT2D eigenvalue weighted by molar-refractivity contribution is -0.119. The van der Waals surface area contributed by atoms with E-state index in [1.54, 1.807) is 37.4 Å². The third-order valence-electron chi connectivity index (χ3n) is 5.61. The number of ether oxygens (including phenoxy) is 2. The van der Waals surface area contributed by atoms with Gasteiger partial charge in [0.05, 0.1) is 20.3 Å². The molecular formula is C24H29Cl2N5O4. The molecule has 0 unspecified atom stereocenters. The van der Waals surface area contributed by atoms with Crippen molar-refractivity contribution in [3.63, 3.8) is 0 Å². The second kappa shape index (κ2) is 12.6. The minimum atomic E-state index is -0.378. The molecule has 5 N–H and O–H groups in total. The minimum Gasteiger partial charge on any atom is -0.493 e. The van der Waals surface area contributed by atoms with Gasteiger partial charge in [0.1, 0.15) is 0 Å². The summed E-state index contributed by atoms with van der Waals surface area (Å²) in [6, 6.07) is 10.4. The SMILES string of the molecule is COc1ccc(C(=O)NC2CCN(CC(=O)N=C(N)N)CC2)cc1OCCc1ccc(Cl)cc1Cl. The third-order valence-corrected chi connectivity index (χ3v) is 6.19. The molecule has 35 heavy (non-hydrogen) atoms. The number of aliphatic imine (C=N–C) groups is 1. The summed E-state index contributed by atoms with van der Waals surface area (Å²) in [5.74, 6) is 0.180. The van der Waals surface area contributed by atoms with Crippen molar-refractivity contribution < 1.29 is 19.1 Å². The number of hydrogen-bond acceptors (Lipinski definition) is 5. The third kappa shape index (κ3) is 8.02. The molecule has 2 amide bonds. The summed E-state index contributed by atoms with van der Waals surface area (Å²) >= 11 is 12.2. The Morgan fingerprint density at radius 3 is 2.51 bits per heavy atom. The van der Waals surface area contributed by atoms with E-state index in [4.69, 9.17) is 44.1 Å². The lowest BCUT2D eigenvalue weighted by atomic mass is 10.0. The lowest BCUT2D eigenvalue weighted by Gasteiger charge is -2.31. The molecule has 0 spiro atoms. The van der Waals surface area contributed by atoms with E-state index in [-0.39, 0.29) is 30.4 Å². The van der Waals surface area contributed by atoms with Gasteiger partial charge in [-0.25, -0.2) is 0 Å². The number of carbonyl (C=O) groups excluding carboxylic acids is 2. The zero-order valence-electron chi connectivity index (χ0n) is 19.4. The van der Waals surface area contributed by atoms with Crippen LogP contribution in [0.25, 0.3) is 0 Å². The van der Waals surface area contributed by atoms with Gasteiger partial charge in [-0.15, -0.1) is 0 Å². The van der Waals surface area contributed by atoms with Gasteiger partial charge in [0.15, 0.2) is 17.5 Å². The predicted octanol–water partition coefficient (Wildman–Crippen LogP) is 2.62. The molecule has 11 heteroatoms. The zero-order valence-corrected chi connectivity index (χ0v) is 20.9. The van der Waals surface area contributed by atoms with Crippen LogP contribution in [0.3, 0.4) is 0 Å². The van der Waals surface area contributed by atoms with Crippen LogP contribution in [-0.4, -0.2) is 62.1 Å². The van der Waals surface area contributed by atoms with Crippen LogP contribution in [-0.2, 0) is 11.2 Å². The minimum absolute atomic E-state index is 0.00421. The number of benzene rings is 2. The van der Waals surface area contributed by atoms with Crippen molar-refractivity contribution in [1.82, 2.24) is 10.2 Å². The normalized spacial score (nSPS) is 14.3. The average Bonchev–Trinajstić information content (AvgIpc) is 2.81. The standard InChI is InChI=1S/C24H29Cl2N5O4/c1-34-20-5-3-16(12-21(20)35-11-8-15-2-4-17(25)13-19(15)26)23(33)29-18-6-9-31(10-7-18)14-22(32)30-24(27)28/h2-5,12-13,18H,6-11,14H2,1H3,(H,29,33)(H4,27,28,30,32). The monoisotopic (exact) mass is 521 g/mol. The van der Waals surface area contributed by atoms with Crippen LogP contribution in [0.2, 0.25) is 10.0 Å². The van der Waals surface area contributed by atoms with E-state index in [1.165, 1.54) is 0 Å². The smallest absolute Gasteiger partial charge is 0.263 e. The molecule has 9 nitrogen and oxygen atoms in total.